The van der Waals surface area contributed by atoms with Crippen LogP contribution in [0.1, 0.15) is 111 Å². The van der Waals surface area contributed by atoms with Gasteiger partial charge in [0.05, 0.1) is 6.10 Å². The van der Waals surface area contributed by atoms with Crippen LogP contribution in [0.4, 0.5) is 0 Å². The van der Waals surface area contributed by atoms with Gasteiger partial charge in [0.15, 0.2) is 13.1 Å². The summed E-state index contributed by atoms with van der Waals surface area (Å²) in [6.45, 7) is 12.5. The van der Waals surface area contributed by atoms with E-state index in [0.717, 1.165) is 45.4 Å². The predicted molar refractivity (Wildman–Crippen MR) is 133 cm³/mol. The van der Waals surface area contributed by atoms with Crippen molar-refractivity contribution in [2.75, 3.05) is 45.8 Å². The second-order valence-electron chi connectivity index (χ2n) is 10.7. The zero-order valence-electron chi connectivity index (χ0n) is 21.2. The Hall–Kier alpha value is -0.520. The lowest BCUT2D eigenvalue weighted by molar-refractivity contribution is -0.564. The van der Waals surface area contributed by atoms with Crippen molar-refractivity contribution in [2.45, 2.75) is 117 Å². The molecule has 0 aromatic heterocycles. The van der Waals surface area contributed by atoms with Crippen molar-refractivity contribution in [1.82, 2.24) is 10.2 Å². The molecule has 0 saturated carbocycles. The van der Waals surface area contributed by atoms with Crippen molar-refractivity contribution < 1.29 is 9.87 Å². The van der Waals surface area contributed by atoms with Crippen molar-refractivity contribution in [3.05, 3.63) is 4.91 Å². The molecular weight excluding hydrogens is 386 g/mol. The molecule has 0 bridgehead atoms. The monoisotopic (exact) mass is 440 g/mol. The van der Waals surface area contributed by atoms with Gasteiger partial charge in [-0.3, -0.25) is 0 Å². The van der Waals surface area contributed by atoms with Crippen LogP contribution in [0.2, 0.25) is 0 Å². The third-order valence-electron chi connectivity index (χ3n) is 6.51. The Morgan fingerprint density at radius 2 is 1.55 bits per heavy atom. The predicted octanol–water partition coefficient (Wildman–Crippen LogP) is 5.54. The summed E-state index contributed by atoms with van der Waals surface area (Å²) < 4.78 is 1.22. The average Bonchev–Trinajstić information content (AvgIpc) is 2.70. The van der Waals surface area contributed by atoms with E-state index in [4.69, 9.17) is 0 Å². The van der Waals surface area contributed by atoms with Crippen LogP contribution in [-0.4, -0.2) is 66.7 Å². The highest BCUT2D eigenvalue weighted by Gasteiger charge is 2.31. The standard InChI is InChI=1S/C26H54N3O2/c1-4-5-6-7-8-9-10-11-12-13-14-15-17-25(30)22-27-18-21-28-19-16-20-29(31)24-26(2,3)23-28/h25,27,30H,4-24H2,1-3H3/q+1. The third kappa shape index (κ3) is 16.7. The summed E-state index contributed by atoms with van der Waals surface area (Å²) in [6.07, 6.45) is 17.9. The quantitative estimate of drug-likeness (QED) is 0.217. The summed E-state index contributed by atoms with van der Waals surface area (Å²) in [4.78, 5) is 14.2. The number of rotatable bonds is 18. The third-order valence-corrected chi connectivity index (χ3v) is 6.51. The normalized spacial score (nSPS) is 18.6. The first kappa shape index (κ1) is 28.5. The van der Waals surface area contributed by atoms with Gasteiger partial charge in [-0.25, -0.2) is 0 Å². The van der Waals surface area contributed by atoms with Crippen LogP contribution in [0.15, 0.2) is 0 Å². The van der Waals surface area contributed by atoms with Gasteiger partial charge in [-0.1, -0.05) is 97.8 Å². The molecule has 31 heavy (non-hydrogen) atoms. The van der Waals surface area contributed by atoms with Gasteiger partial charge >= 0.3 is 0 Å². The number of hydrogen-bond acceptors (Lipinski definition) is 4. The second-order valence-corrected chi connectivity index (χ2v) is 10.7. The smallest absolute Gasteiger partial charge is 0.198 e. The van der Waals surface area contributed by atoms with Crippen LogP contribution < -0.4 is 5.32 Å². The fourth-order valence-corrected chi connectivity index (χ4v) is 4.78. The van der Waals surface area contributed by atoms with Crippen LogP contribution in [0.25, 0.3) is 0 Å². The summed E-state index contributed by atoms with van der Waals surface area (Å²) >= 11 is 0. The van der Waals surface area contributed by atoms with E-state index in [1.54, 1.807) is 0 Å². The summed E-state index contributed by atoms with van der Waals surface area (Å²) in [5.41, 5.74) is 0.0380. The van der Waals surface area contributed by atoms with Crippen molar-refractivity contribution in [3.8, 4) is 0 Å². The number of nitrogens with zero attached hydrogens (tertiary/aromatic N) is 2. The first-order valence-electron chi connectivity index (χ1n) is 13.5. The van der Waals surface area contributed by atoms with E-state index in [2.05, 4.69) is 31.0 Å². The fourth-order valence-electron chi connectivity index (χ4n) is 4.78. The van der Waals surface area contributed by atoms with E-state index in [0.29, 0.717) is 19.6 Å². The molecule has 0 aromatic rings. The van der Waals surface area contributed by atoms with Gasteiger partial charge in [0.25, 0.3) is 0 Å². The van der Waals surface area contributed by atoms with Crippen molar-refractivity contribution >= 4 is 0 Å². The molecule has 0 amide bonds. The van der Waals surface area contributed by atoms with E-state index in [1.165, 1.54) is 75.4 Å². The average molecular weight is 441 g/mol. The Morgan fingerprint density at radius 1 is 0.968 bits per heavy atom. The summed E-state index contributed by atoms with van der Waals surface area (Å²) in [5, 5.41) is 13.7. The molecule has 0 aromatic carbocycles. The highest BCUT2D eigenvalue weighted by atomic mass is 16.3. The molecule has 1 unspecified atom stereocenters. The van der Waals surface area contributed by atoms with E-state index in [-0.39, 0.29) is 11.5 Å². The zero-order chi connectivity index (χ0) is 22.8. The van der Waals surface area contributed by atoms with Crippen LogP contribution >= 0.6 is 0 Å². The van der Waals surface area contributed by atoms with E-state index in [9.17, 15) is 10.0 Å². The minimum Gasteiger partial charge on any atom is -0.392 e. The Kier molecular flexibility index (Phi) is 16.5. The molecule has 5 heteroatoms. The maximum atomic E-state index is 11.8. The molecule has 1 aliphatic rings. The zero-order valence-corrected chi connectivity index (χ0v) is 21.2. The van der Waals surface area contributed by atoms with Gasteiger partial charge in [-0.15, -0.1) is 0 Å². The maximum absolute atomic E-state index is 11.8. The largest absolute Gasteiger partial charge is 0.392 e. The number of aliphatic hydroxyl groups excluding tert-OH is 1. The van der Waals surface area contributed by atoms with E-state index in [1.807, 2.05) is 0 Å². The molecule has 1 atom stereocenters. The van der Waals surface area contributed by atoms with Gasteiger partial charge in [0, 0.05) is 49.5 Å². The number of aliphatic hydroxyl groups is 1. The maximum Gasteiger partial charge on any atom is 0.198 e. The SMILES string of the molecule is CCCCCCCCCCCCCCC(O)CNCCN1CCC[N+](=O)CC(C)(C)C1. The number of nitrogens with one attached hydrogen (secondary N) is 1. The Balaban J connectivity index is 1.92. The lowest BCUT2D eigenvalue weighted by Crippen LogP contribution is -2.45. The van der Waals surface area contributed by atoms with Gasteiger partial charge in [-0.2, -0.15) is 0 Å². The molecule has 1 rings (SSSR count). The molecule has 2 N–H and O–H groups in total. The molecule has 1 heterocycles. The molecular formula is C26H54N3O2+. The molecule has 1 saturated heterocycles. The highest BCUT2D eigenvalue weighted by molar-refractivity contribution is 4.75. The van der Waals surface area contributed by atoms with Gasteiger partial charge in [0.1, 0.15) is 0 Å². The molecule has 1 aliphatic heterocycles. The van der Waals surface area contributed by atoms with Crippen molar-refractivity contribution in [3.63, 3.8) is 0 Å². The Morgan fingerprint density at radius 3 is 2.16 bits per heavy atom. The second kappa shape index (κ2) is 18.0. The highest BCUT2D eigenvalue weighted by Crippen LogP contribution is 2.19. The molecule has 184 valence electrons. The summed E-state index contributed by atoms with van der Waals surface area (Å²) in [7, 11) is 0. The van der Waals surface area contributed by atoms with E-state index >= 15 is 0 Å². The molecule has 0 spiro atoms. The van der Waals surface area contributed by atoms with Crippen LogP contribution in [0, 0.1) is 10.3 Å². The Bertz CT molecular complexity index is 442. The van der Waals surface area contributed by atoms with Crippen LogP contribution in [0.3, 0.4) is 0 Å². The number of hydrogen-bond donors (Lipinski definition) is 2. The first-order valence-corrected chi connectivity index (χ1v) is 13.5. The molecule has 1 fully saturated rings. The van der Waals surface area contributed by atoms with Gasteiger partial charge < -0.3 is 15.3 Å². The summed E-state index contributed by atoms with van der Waals surface area (Å²) in [6, 6.07) is 0. The number of unbranched alkanes of at least 4 members (excludes halogenated alkanes) is 11. The van der Waals surface area contributed by atoms with Crippen LogP contribution in [0.5, 0.6) is 0 Å². The van der Waals surface area contributed by atoms with E-state index < -0.39 is 0 Å². The van der Waals surface area contributed by atoms with Gasteiger partial charge in [0.2, 0.25) is 0 Å². The molecule has 0 radical (unpaired) electrons. The number of nitroso groups, excluding NO2 is 1. The fraction of sp³-hybridized carbons (Fsp3) is 1.00. The van der Waals surface area contributed by atoms with Crippen molar-refractivity contribution in [2.24, 2.45) is 5.41 Å². The van der Waals surface area contributed by atoms with Crippen LogP contribution in [-0.2, 0) is 0 Å². The lowest BCUT2D eigenvalue weighted by atomic mass is 9.91. The first-order chi connectivity index (χ1) is 14.9. The topological polar surface area (TPSA) is 55.6 Å². The van der Waals surface area contributed by atoms with Crippen molar-refractivity contribution in [1.29, 1.82) is 0 Å². The molecule has 5 nitrogen and oxygen atoms in total. The van der Waals surface area contributed by atoms with Gasteiger partial charge in [-0.05, 0) is 11.2 Å². The minimum atomic E-state index is -0.221. The summed E-state index contributed by atoms with van der Waals surface area (Å²) in [5.74, 6) is 0. The Labute approximate surface area is 193 Å². The minimum absolute atomic E-state index is 0.0380. The lowest BCUT2D eigenvalue weighted by Gasteiger charge is -2.31. The molecule has 0 aliphatic carbocycles.